The van der Waals surface area contributed by atoms with Gasteiger partial charge >= 0.3 is 0 Å². The quantitative estimate of drug-likeness (QED) is 0.535. The summed E-state index contributed by atoms with van der Waals surface area (Å²) in [7, 11) is 2.14. The SMILES string of the molecule is CC1=Cc2c(ccc(Oc3ncnc(Nc4ccc(N5CCN(C)CC5)cc4)c3Cl)c2F)C1. The van der Waals surface area contributed by atoms with Gasteiger partial charge in [0.25, 0.3) is 0 Å². The number of piperazine rings is 1. The van der Waals surface area contributed by atoms with Crippen molar-refractivity contribution in [1.82, 2.24) is 14.9 Å². The minimum atomic E-state index is -0.409. The molecule has 0 radical (unpaired) electrons. The van der Waals surface area contributed by atoms with Gasteiger partial charge in [-0.2, -0.15) is 4.98 Å². The van der Waals surface area contributed by atoms with Crippen molar-refractivity contribution in [3.05, 3.63) is 70.3 Å². The molecule has 170 valence electrons. The minimum Gasteiger partial charge on any atom is -0.434 e. The Balaban J connectivity index is 1.32. The second kappa shape index (κ2) is 9.00. The smallest absolute Gasteiger partial charge is 0.243 e. The van der Waals surface area contributed by atoms with Gasteiger partial charge in [0.05, 0.1) is 0 Å². The van der Waals surface area contributed by atoms with Gasteiger partial charge in [-0.1, -0.05) is 29.3 Å². The monoisotopic (exact) mass is 465 g/mol. The molecule has 3 aromatic rings. The van der Waals surface area contributed by atoms with Crippen LogP contribution in [-0.4, -0.2) is 48.1 Å². The number of anilines is 3. The molecular formula is C25H25ClFN5O. The zero-order valence-corrected chi connectivity index (χ0v) is 19.4. The van der Waals surface area contributed by atoms with Crippen LogP contribution in [0.2, 0.25) is 5.02 Å². The zero-order valence-electron chi connectivity index (χ0n) is 18.6. The highest BCUT2D eigenvalue weighted by Crippen LogP contribution is 2.37. The fourth-order valence-corrected chi connectivity index (χ4v) is 4.36. The Kier molecular flexibility index (Phi) is 5.91. The first kappa shape index (κ1) is 21.7. The van der Waals surface area contributed by atoms with Crippen molar-refractivity contribution in [1.29, 1.82) is 0 Å². The predicted molar refractivity (Wildman–Crippen MR) is 130 cm³/mol. The number of hydrogen-bond acceptors (Lipinski definition) is 6. The van der Waals surface area contributed by atoms with Crippen LogP contribution in [0, 0.1) is 5.82 Å². The highest BCUT2D eigenvalue weighted by Gasteiger charge is 2.20. The minimum absolute atomic E-state index is 0.0859. The first-order valence-electron chi connectivity index (χ1n) is 11.0. The number of benzene rings is 2. The number of allylic oxidation sites excluding steroid dienone is 1. The van der Waals surface area contributed by atoms with E-state index in [2.05, 4.69) is 44.3 Å². The Morgan fingerprint density at radius 2 is 1.79 bits per heavy atom. The van der Waals surface area contributed by atoms with Gasteiger partial charge < -0.3 is 19.9 Å². The van der Waals surface area contributed by atoms with Crippen molar-refractivity contribution in [3.63, 3.8) is 0 Å². The molecular weight excluding hydrogens is 441 g/mol. The van der Waals surface area contributed by atoms with E-state index in [4.69, 9.17) is 16.3 Å². The van der Waals surface area contributed by atoms with Crippen molar-refractivity contribution in [3.8, 4) is 11.6 Å². The maximum atomic E-state index is 14.9. The number of likely N-dealkylation sites (N-methyl/N-ethyl adjacent to an activating group) is 1. The van der Waals surface area contributed by atoms with Crippen molar-refractivity contribution in [2.75, 3.05) is 43.4 Å². The van der Waals surface area contributed by atoms with Crippen LogP contribution in [0.3, 0.4) is 0 Å². The number of halogens is 2. The van der Waals surface area contributed by atoms with Gasteiger partial charge in [-0.15, -0.1) is 0 Å². The lowest BCUT2D eigenvalue weighted by Gasteiger charge is -2.34. The molecule has 2 aliphatic rings. The van der Waals surface area contributed by atoms with Gasteiger partial charge in [-0.3, -0.25) is 0 Å². The maximum absolute atomic E-state index is 14.9. The van der Waals surface area contributed by atoms with Crippen LogP contribution in [-0.2, 0) is 6.42 Å². The molecule has 0 bridgehead atoms. The van der Waals surface area contributed by atoms with Gasteiger partial charge in [0, 0.05) is 43.1 Å². The summed E-state index contributed by atoms with van der Waals surface area (Å²) in [6, 6.07) is 11.6. The molecule has 1 fully saturated rings. The lowest BCUT2D eigenvalue weighted by Crippen LogP contribution is -2.44. The summed E-state index contributed by atoms with van der Waals surface area (Å²) in [4.78, 5) is 13.0. The molecule has 1 N–H and O–H groups in total. The third-order valence-corrected chi connectivity index (χ3v) is 6.40. The van der Waals surface area contributed by atoms with E-state index in [9.17, 15) is 4.39 Å². The Morgan fingerprint density at radius 3 is 2.55 bits per heavy atom. The number of ether oxygens (including phenoxy) is 1. The number of hydrogen-bond donors (Lipinski definition) is 1. The van der Waals surface area contributed by atoms with Crippen molar-refractivity contribution >= 4 is 34.9 Å². The van der Waals surface area contributed by atoms with Crippen LogP contribution < -0.4 is 15.0 Å². The molecule has 0 unspecified atom stereocenters. The number of nitrogens with zero attached hydrogens (tertiary/aromatic N) is 4. The topological polar surface area (TPSA) is 53.5 Å². The zero-order chi connectivity index (χ0) is 22.9. The van der Waals surface area contributed by atoms with Crippen molar-refractivity contribution in [2.24, 2.45) is 0 Å². The summed E-state index contributed by atoms with van der Waals surface area (Å²) in [6.45, 7) is 6.11. The largest absolute Gasteiger partial charge is 0.434 e. The normalized spacial score (nSPS) is 15.9. The maximum Gasteiger partial charge on any atom is 0.243 e. The van der Waals surface area contributed by atoms with E-state index in [1.54, 1.807) is 6.07 Å². The lowest BCUT2D eigenvalue weighted by atomic mass is 10.1. The third kappa shape index (κ3) is 4.51. The Labute approximate surface area is 197 Å². The fourth-order valence-electron chi connectivity index (χ4n) is 4.17. The molecule has 0 spiro atoms. The highest BCUT2D eigenvalue weighted by atomic mass is 35.5. The molecule has 0 amide bonds. The van der Waals surface area contributed by atoms with Crippen LogP contribution in [0.4, 0.5) is 21.6 Å². The molecule has 0 atom stereocenters. The molecule has 2 heterocycles. The van der Waals surface area contributed by atoms with E-state index < -0.39 is 5.82 Å². The number of rotatable bonds is 5. The first-order valence-corrected chi connectivity index (χ1v) is 11.3. The molecule has 8 heteroatoms. The third-order valence-electron chi connectivity index (χ3n) is 6.06. The van der Waals surface area contributed by atoms with Gasteiger partial charge in [-0.05, 0) is 56.3 Å². The Hall–Kier alpha value is -3.16. The summed E-state index contributed by atoms with van der Waals surface area (Å²) in [5.74, 6) is 0.169. The average Bonchev–Trinajstić information content (AvgIpc) is 3.20. The summed E-state index contributed by atoms with van der Waals surface area (Å²) in [5, 5.41) is 3.39. The van der Waals surface area contributed by atoms with E-state index in [-0.39, 0.29) is 16.7 Å². The molecule has 0 saturated carbocycles. The first-order chi connectivity index (χ1) is 16.0. The fraction of sp³-hybridized carbons (Fsp3) is 0.280. The molecule has 5 rings (SSSR count). The Bertz CT molecular complexity index is 1210. The molecule has 6 nitrogen and oxygen atoms in total. The summed E-state index contributed by atoms with van der Waals surface area (Å²) >= 11 is 6.51. The van der Waals surface area contributed by atoms with Gasteiger partial charge in [0.15, 0.2) is 17.4 Å². The highest BCUT2D eigenvalue weighted by molar-refractivity contribution is 6.34. The van der Waals surface area contributed by atoms with Crippen LogP contribution in [0.25, 0.3) is 6.08 Å². The molecule has 2 aromatic carbocycles. The van der Waals surface area contributed by atoms with Crippen LogP contribution in [0.15, 0.2) is 48.3 Å². The van der Waals surface area contributed by atoms with E-state index in [0.717, 1.165) is 49.4 Å². The van der Waals surface area contributed by atoms with Crippen molar-refractivity contribution in [2.45, 2.75) is 13.3 Å². The summed E-state index contributed by atoms with van der Waals surface area (Å²) < 4.78 is 20.7. The summed E-state index contributed by atoms with van der Waals surface area (Å²) in [6.07, 6.45) is 3.94. The predicted octanol–water partition coefficient (Wildman–Crippen LogP) is 5.52. The standard InChI is InChI=1S/C25H25ClFN5O/c1-16-13-17-3-8-21(23(27)20(17)14-16)33-25-22(26)24(28-15-29-25)30-18-4-6-19(7-5-18)32-11-9-31(2)10-12-32/h3-8,14-15H,9-13H2,1-2H3,(H,28,29,30). The van der Waals surface area contributed by atoms with Crippen LogP contribution in [0.1, 0.15) is 18.1 Å². The second-order valence-corrected chi connectivity index (χ2v) is 8.90. The van der Waals surface area contributed by atoms with E-state index in [1.165, 1.54) is 12.0 Å². The lowest BCUT2D eigenvalue weighted by molar-refractivity contribution is 0.313. The van der Waals surface area contributed by atoms with Crippen LogP contribution >= 0.6 is 11.6 Å². The number of aromatic nitrogens is 2. The molecule has 1 aromatic heterocycles. The van der Waals surface area contributed by atoms with Crippen molar-refractivity contribution < 1.29 is 9.13 Å². The van der Waals surface area contributed by atoms with E-state index in [1.807, 2.05) is 31.2 Å². The Morgan fingerprint density at radius 1 is 1.03 bits per heavy atom. The average molecular weight is 466 g/mol. The van der Waals surface area contributed by atoms with Crippen LogP contribution in [0.5, 0.6) is 11.6 Å². The molecule has 33 heavy (non-hydrogen) atoms. The van der Waals surface area contributed by atoms with E-state index in [0.29, 0.717) is 11.4 Å². The van der Waals surface area contributed by atoms with Gasteiger partial charge in [0.2, 0.25) is 5.88 Å². The molecule has 1 saturated heterocycles. The second-order valence-electron chi connectivity index (χ2n) is 8.52. The number of fused-ring (bicyclic) bond motifs is 1. The van der Waals surface area contributed by atoms with Gasteiger partial charge in [-0.25, -0.2) is 9.37 Å². The van der Waals surface area contributed by atoms with E-state index >= 15 is 0 Å². The molecule has 1 aliphatic carbocycles. The molecule has 1 aliphatic heterocycles. The number of nitrogens with one attached hydrogen (secondary N) is 1. The van der Waals surface area contributed by atoms with Gasteiger partial charge in [0.1, 0.15) is 11.3 Å². The summed E-state index contributed by atoms with van der Waals surface area (Å²) in [5.41, 5.74) is 4.65.